The van der Waals surface area contributed by atoms with E-state index in [2.05, 4.69) is 92.0 Å². The van der Waals surface area contributed by atoms with E-state index in [1.165, 1.54) is 50.6 Å². The summed E-state index contributed by atoms with van der Waals surface area (Å²) in [6, 6.07) is 19.1. The van der Waals surface area contributed by atoms with E-state index in [4.69, 9.17) is 37.4 Å². The van der Waals surface area contributed by atoms with Crippen molar-refractivity contribution in [3.63, 3.8) is 0 Å². The van der Waals surface area contributed by atoms with E-state index in [0.29, 0.717) is 16.9 Å². The minimum absolute atomic E-state index is 0.0312. The van der Waals surface area contributed by atoms with Gasteiger partial charge in [0.25, 0.3) is 0 Å². The third-order valence-electron chi connectivity index (χ3n) is 11.9. The fourth-order valence-corrected chi connectivity index (χ4v) is 10.9. The number of aliphatic hydroxyl groups is 1. The first kappa shape index (κ1) is 48.2. The summed E-state index contributed by atoms with van der Waals surface area (Å²) in [5.41, 5.74) is 18.5. The van der Waals surface area contributed by atoms with E-state index in [1.807, 2.05) is 58.6 Å². The molecule has 1 saturated heterocycles. The van der Waals surface area contributed by atoms with Gasteiger partial charge in [-0.15, -0.1) is 22.7 Å². The highest BCUT2D eigenvalue weighted by Gasteiger charge is 2.46. The van der Waals surface area contributed by atoms with Crippen LogP contribution in [0.15, 0.2) is 54.6 Å². The Bertz CT molecular complexity index is 2370. The molecule has 0 amide bonds. The van der Waals surface area contributed by atoms with Gasteiger partial charge < -0.3 is 35.0 Å². The van der Waals surface area contributed by atoms with Crippen molar-refractivity contribution in [1.82, 2.24) is 9.97 Å². The summed E-state index contributed by atoms with van der Waals surface area (Å²) in [4.78, 5) is 29.5. The first-order valence-electron chi connectivity index (χ1n) is 22.2. The van der Waals surface area contributed by atoms with E-state index in [1.54, 1.807) is 11.3 Å². The number of aliphatic hydroxyl groups excluding tert-OH is 1. The Morgan fingerprint density at radius 2 is 1.24 bits per heavy atom. The molecule has 1 saturated carbocycles. The summed E-state index contributed by atoms with van der Waals surface area (Å²) in [5.74, 6) is 0.321. The van der Waals surface area contributed by atoms with Crippen LogP contribution in [0.3, 0.4) is 0 Å². The van der Waals surface area contributed by atoms with Gasteiger partial charge in [0.1, 0.15) is 21.1 Å². The van der Waals surface area contributed by atoms with Gasteiger partial charge in [0, 0.05) is 89.1 Å². The number of fused-ring (bicyclic) bond motifs is 3. The van der Waals surface area contributed by atoms with Crippen LogP contribution in [0.2, 0.25) is 0 Å². The number of thiazole rings is 2. The average molecular weight is 911 g/mol. The van der Waals surface area contributed by atoms with Crippen molar-refractivity contribution < 1.29 is 19.4 Å². The van der Waals surface area contributed by atoms with Gasteiger partial charge in [-0.05, 0) is 150 Å². The second-order valence-corrected chi connectivity index (χ2v) is 19.9. The van der Waals surface area contributed by atoms with Gasteiger partial charge in [-0.3, -0.25) is 4.79 Å². The van der Waals surface area contributed by atoms with Crippen molar-refractivity contribution >= 4 is 62.7 Å². The Balaban J connectivity index is 0.000000148. The first-order valence-corrected chi connectivity index (χ1v) is 24.2. The van der Waals surface area contributed by atoms with Crippen molar-refractivity contribution in [1.29, 1.82) is 0 Å². The SMILES string of the molecule is CCOC1CCCc2nc(-c3ccc(N(C)C)cc3C)sc21.Cc1cc(N(C)C)ccc1-c1nc2c(s1)C(O)CCC2.Cc1cc(N(C)C)ccc1C(N)=S.O=C1CCCC2OC12. The molecule has 9 rings (SSSR count). The minimum Gasteiger partial charge on any atom is -0.389 e. The van der Waals surface area contributed by atoms with Gasteiger partial charge in [-0.25, -0.2) is 9.97 Å². The van der Waals surface area contributed by atoms with E-state index in [-0.39, 0.29) is 18.3 Å². The molecule has 3 aromatic carbocycles. The van der Waals surface area contributed by atoms with E-state index < -0.39 is 0 Å². The number of Topliss-reactive ketones (excluding diaryl/α,β-unsaturated/α-hetero) is 1. The van der Waals surface area contributed by atoms with Gasteiger partial charge >= 0.3 is 0 Å². The molecule has 338 valence electrons. The van der Waals surface area contributed by atoms with Gasteiger partial charge in [-0.1, -0.05) is 12.2 Å². The molecule has 3 aliphatic carbocycles. The number of aromatic nitrogens is 2. The standard InChI is InChI=1S/C18H24N2OS.C16H20N2OS.C10H14N2S.C6H8O2/c1-5-21-16-8-6-7-15-17(16)22-18(19-15)14-10-9-13(20(3)4)11-12(14)2;1-10-9-11(18(2)3)7-8-12(10)16-17-13-5-4-6-14(19)15(13)20-16;1-7-6-8(12(2)3)4-5-9(7)10(11)13;7-4-2-1-3-5-6(4)8-5/h9-11,16H,5-8H2,1-4H3;7-9,14,19H,4-6H2,1-3H3;4-6H,1-3H3,(H2,11,13);5-6H,1-3H2. The number of hydrogen-bond acceptors (Lipinski definition) is 12. The fourth-order valence-electron chi connectivity index (χ4n) is 8.17. The van der Waals surface area contributed by atoms with Crippen molar-refractivity contribution in [2.75, 3.05) is 63.6 Å². The summed E-state index contributed by atoms with van der Waals surface area (Å²) in [6.07, 6.45) is 9.50. The van der Waals surface area contributed by atoms with Gasteiger partial charge in [0.05, 0.1) is 39.5 Å². The summed E-state index contributed by atoms with van der Waals surface area (Å²) in [6.45, 7) is 9.15. The number of aryl methyl sites for hydroxylation is 5. The highest BCUT2D eigenvalue weighted by molar-refractivity contribution is 7.80. The lowest BCUT2D eigenvalue weighted by molar-refractivity contribution is -0.120. The lowest BCUT2D eigenvalue weighted by Gasteiger charge is -2.20. The van der Waals surface area contributed by atoms with Crippen molar-refractivity contribution in [3.8, 4) is 21.1 Å². The average Bonchev–Trinajstić information content (AvgIpc) is 3.72. The van der Waals surface area contributed by atoms with Crippen LogP contribution in [0.1, 0.15) is 107 Å². The Hall–Kier alpha value is -4.24. The van der Waals surface area contributed by atoms with Gasteiger partial charge in [-0.2, -0.15) is 0 Å². The number of anilines is 3. The molecule has 0 radical (unpaired) electrons. The third-order valence-corrected chi connectivity index (χ3v) is 14.6. The molecule has 13 heteroatoms. The molecule has 4 unspecified atom stereocenters. The number of thiocarbonyl (C=S) groups is 1. The van der Waals surface area contributed by atoms with Crippen LogP contribution in [-0.2, 0) is 27.1 Å². The molecule has 3 heterocycles. The van der Waals surface area contributed by atoms with Crippen molar-refractivity contribution in [3.05, 3.63) is 98.0 Å². The monoisotopic (exact) mass is 910 g/mol. The molecule has 2 aromatic heterocycles. The normalized spacial score (nSPS) is 19.3. The molecule has 0 spiro atoms. The Labute approximate surface area is 388 Å². The van der Waals surface area contributed by atoms with E-state index in [9.17, 15) is 9.90 Å². The number of benzene rings is 3. The number of nitrogens with two attached hydrogens (primary N) is 1. The molecular weight excluding hydrogens is 845 g/mol. The lowest BCUT2D eigenvalue weighted by Crippen LogP contribution is -2.14. The summed E-state index contributed by atoms with van der Waals surface area (Å²) in [7, 11) is 12.3. The summed E-state index contributed by atoms with van der Waals surface area (Å²) >= 11 is 8.39. The van der Waals surface area contributed by atoms with Crippen molar-refractivity contribution in [2.24, 2.45) is 5.73 Å². The maximum absolute atomic E-state index is 10.7. The maximum Gasteiger partial charge on any atom is 0.164 e. The zero-order valence-corrected chi connectivity index (χ0v) is 41.2. The smallest absolute Gasteiger partial charge is 0.164 e. The number of ketones is 1. The molecule has 63 heavy (non-hydrogen) atoms. The largest absolute Gasteiger partial charge is 0.389 e. The van der Waals surface area contributed by atoms with E-state index in [0.717, 1.165) is 95.4 Å². The zero-order chi connectivity index (χ0) is 45.5. The van der Waals surface area contributed by atoms with Crippen molar-refractivity contribution in [2.45, 2.75) is 110 Å². The Kier molecular flexibility index (Phi) is 16.6. The minimum atomic E-state index is -0.314. The molecule has 10 nitrogen and oxygen atoms in total. The predicted molar refractivity (Wildman–Crippen MR) is 267 cm³/mol. The second-order valence-electron chi connectivity index (χ2n) is 17.4. The van der Waals surface area contributed by atoms with Crippen LogP contribution >= 0.6 is 34.9 Å². The van der Waals surface area contributed by atoms with Crippen LogP contribution in [-0.4, -0.2) is 86.9 Å². The first-order chi connectivity index (χ1) is 30.1. The topological polar surface area (TPSA) is 121 Å². The Morgan fingerprint density at radius 3 is 1.70 bits per heavy atom. The number of carbonyl (C=O) groups is 1. The number of rotatable bonds is 8. The summed E-state index contributed by atoms with van der Waals surface area (Å²) in [5, 5.41) is 12.3. The molecular formula is C50H66N6O4S3. The molecule has 4 aliphatic rings. The molecule has 1 aliphatic heterocycles. The number of carbonyl (C=O) groups excluding carboxylic acids is 1. The van der Waals surface area contributed by atoms with Crippen LogP contribution in [0.5, 0.6) is 0 Å². The second kappa shape index (κ2) is 21.6. The highest BCUT2D eigenvalue weighted by atomic mass is 32.1. The molecule has 4 atom stereocenters. The third kappa shape index (κ3) is 12.1. The van der Waals surface area contributed by atoms with E-state index >= 15 is 0 Å². The molecule has 5 aromatic rings. The van der Waals surface area contributed by atoms with Crippen LogP contribution in [0.4, 0.5) is 17.1 Å². The molecule has 0 bridgehead atoms. The molecule has 2 fully saturated rings. The quantitative estimate of drug-likeness (QED) is 0.114. The number of nitrogens with zero attached hydrogens (tertiary/aromatic N) is 5. The van der Waals surface area contributed by atoms with Crippen LogP contribution in [0, 0.1) is 20.8 Å². The molecule has 3 N–H and O–H groups in total. The maximum atomic E-state index is 10.7. The number of epoxide rings is 1. The lowest BCUT2D eigenvalue weighted by atomic mass is 10.00. The van der Waals surface area contributed by atoms with Crippen LogP contribution < -0.4 is 20.4 Å². The Morgan fingerprint density at radius 1 is 0.746 bits per heavy atom. The van der Waals surface area contributed by atoms with Gasteiger partial charge in [0.2, 0.25) is 0 Å². The van der Waals surface area contributed by atoms with Crippen LogP contribution in [0.25, 0.3) is 21.1 Å². The zero-order valence-electron chi connectivity index (χ0n) is 38.8. The predicted octanol–water partition coefficient (Wildman–Crippen LogP) is 10.4. The van der Waals surface area contributed by atoms with Gasteiger partial charge in [0.15, 0.2) is 5.78 Å². The number of ether oxygens (including phenoxy) is 2. The highest BCUT2D eigenvalue weighted by Crippen LogP contribution is 2.42. The number of hydrogen-bond donors (Lipinski definition) is 2. The fraction of sp³-hybridized carbons (Fsp3) is 0.480. The summed E-state index contributed by atoms with van der Waals surface area (Å²) < 4.78 is 10.9.